The van der Waals surface area contributed by atoms with Gasteiger partial charge in [0.15, 0.2) is 0 Å². The average molecular weight is 417 g/mol. The van der Waals surface area contributed by atoms with Crippen molar-refractivity contribution in [2.24, 2.45) is 5.92 Å². The van der Waals surface area contributed by atoms with Gasteiger partial charge in [-0.15, -0.1) is 0 Å². The Morgan fingerprint density at radius 1 is 1.21 bits per heavy atom. The molecule has 0 fully saturated rings. The Bertz CT molecular complexity index is 847. The van der Waals surface area contributed by atoms with E-state index in [1.807, 2.05) is 68.3 Å². The third-order valence-corrected chi connectivity index (χ3v) is 5.32. The second kappa shape index (κ2) is 9.35. The number of nitrogens with one attached hydrogen (secondary N) is 1. The Morgan fingerprint density at radius 2 is 1.93 bits per heavy atom. The van der Waals surface area contributed by atoms with Crippen molar-refractivity contribution in [1.82, 2.24) is 19.7 Å². The van der Waals surface area contributed by atoms with E-state index < -0.39 is 0 Å². The maximum absolute atomic E-state index is 13.3. The summed E-state index contributed by atoms with van der Waals surface area (Å²) in [5, 5.41) is 3.48. The van der Waals surface area contributed by atoms with E-state index in [9.17, 15) is 9.59 Å². The molecule has 6 nitrogen and oxygen atoms in total. The summed E-state index contributed by atoms with van der Waals surface area (Å²) in [5.74, 6) is 0.223. The number of urea groups is 1. The number of nitrogens with zero attached hydrogens (tertiary/aromatic N) is 3. The van der Waals surface area contributed by atoms with Crippen LogP contribution in [0.4, 0.5) is 4.79 Å². The Morgan fingerprint density at radius 3 is 2.59 bits per heavy atom. The van der Waals surface area contributed by atoms with E-state index in [0.29, 0.717) is 24.7 Å². The molecule has 3 rings (SSSR count). The lowest BCUT2D eigenvalue weighted by atomic mass is 9.99. The molecule has 1 atom stereocenters. The van der Waals surface area contributed by atoms with E-state index in [1.165, 1.54) is 0 Å². The fraction of sp³-hybridized carbons (Fsp3) is 0.455. The van der Waals surface area contributed by atoms with Gasteiger partial charge in [-0.3, -0.25) is 4.79 Å². The van der Waals surface area contributed by atoms with Crippen molar-refractivity contribution in [1.29, 1.82) is 0 Å². The fourth-order valence-electron chi connectivity index (χ4n) is 3.83. The molecule has 0 saturated carbocycles. The van der Waals surface area contributed by atoms with Gasteiger partial charge in [-0.25, -0.2) is 4.79 Å². The summed E-state index contributed by atoms with van der Waals surface area (Å²) in [5.41, 5.74) is 2.08. The van der Waals surface area contributed by atoms with Crippen LogP contribution in [-0.2, 0) is 11.3 Å². The van der Waals surface area contributed by atoms with Crippen molar-refractivity contribution in [3.05, 3.63) is 58.9 Å². The zero-order chi connectivity index (χ0) is 21.0. The van der Waals surface area contributed by atoms with Gasteiger partial charge in [0.25, 0.3) is 0 Å². The second-order valence-corrected chi connectivity index (χ2v) is 8.21. The van der Waals surface area contributed by atoms with Crippen LogP contribution in [0, 0.1) is 5.92 Å². The van der Waals surface area contributed by atoms with Crippen molar-refractivity contribution >= 4 is 23.5 Å². The number of carbonyl (C=O) groups excluding carboxylic acids is 2. The van der Waals surface area contributed by atoms with Crippen LogP contribution in [0.3, 0.4) is 0 Å². The first-order chi connectivity index (χ1) is 13.9. The van der Waals surface area contributed by atoms with Crippen LogP contribution in [-0.4, -0.2) is 52.5 Å². The fourth-order valence-corrected chi connectivity index (χ4v) is 3.95. The van der Waals surface area contributed by atoms with E-state index in [4.69, 9.17) is 11.6 Å². The molecule has 1 unspecified atom stereocenters. The highest BCUT2D eigenvalue weighted by Crippen LogP contribution is 2.33. The number of hydrogen-bond acceptors (Lipinski definition) is 2. The van der Waals surface area contributed by atoms with E-state index >= 15 is 0 Å². The monoisotopic (exact) mass is 416 g/mol. The van der Waals surface area contributed by atoms with E-state index in [1.54, 1.807) is 4.90 Å². The van der Waals surface area contributed by atoms with Gasteiger partial charge in [-0.1, -0.05) is 37.6 Å². The highest BCUT2D eigenvalue weighted by Gasteiger charge is 2.33. The Hall–Kier alpha value is -2.47. The Labute approximate surface area is 177 Å². The van der Waals surface area contributed by atoms with E-state index in [0.717, 1.165) is 17.8 Å². The minimum Gasteiger partial charge on any atom is -0.348 e. The third-order valence-electron chi connectivity index (χ3n) is 5.07. The second-order valence-electron chi connectivity index (χ2n) is 7.78. The molecule has 7 heteroatoms. The van der Waals surface area contributed by atoms with Gasteiger partial charge in [0.05, 0.1) is 6.04 Å². The normalized spacial score (nSPS) is 15.9. The summed E-state index contributed by atoms with van der Waals surface area (Å²) in [4.78, 5) is 29.3. The predicted octanol–water partition coefficient (Wildman–Crippen LogP) is 3.76. The molecule has 0 radical (unpaired) electrons. The van der Waals surface area contributed by atoms with Crippen molar-refractivity contribution in [3.63, 3.8) is 0 Å². The average Bonchev–Trinajstić information content (AvgIpc) is 3.16. The number of rotatable bonds is 6. The summed E-state index contributed by atoms with van der Waals surface area (Å²) < 4.78 is 2.18. The summed E-state index contributed by atoms with van der Waals surface area (Å²) in [6.07, 6.45) is 2.04. The van der Waals surface area contributed by atoms with Crippen molar-refractivity contribution < 1.29 is 9.59 Å². The van der Waals surface area contributed by atoms with E-state index in [2.05, 4.69) is 9.88 Å². The molecule has 0 spiro atoms. The van der Waals surface area contributed by atoms with Gasteiger partial charge < -0.3 is 19.7 Å². The van der Waals surface area contributed by atoms with Crippen molar-refractivity contribution in [2.45, 2.75) is 33.4 Å². The van der Waals surface area contributed by atoms with Gasteiger partial charge >= 0.3 is 6.03 Å². The first-order valence-corrected chi connectivity index (χ1v) is 10.5. The number of amides is 3. The molecule has 1 aromatic heterocycles. The molecule has 0 aliphatic carbocycles. The first kappa shape index (κ1) is 21.2. The third kappa shape index (κ3) is 4.93. The molecular formula is C22H29ClN4O2. The molecule has 156 valence electrons. The first-order valence-electron chi connectivity index (χ1n) is 10.1. The number of aromatic nitrogens is 1. The van der Waals surface area contributed by atoms with Crippen LogP contribution in [0.25, 0.3) is 0 Å². The maximum atomic E-state index is 13.3. The van der Waals surface area contributed by atoms with Gasteiger partial charge in [-0.05, 0) is 42.7 Å². The van der Waals surface area contributed by atoms with Crippen LogP contribution < -0.4 is 5.32 Å². The van der Waals surface area contributed by atoms with Crippen molar-refractivity contribution in [3.8, 4) is 0 Å². The van der Waals surface area contributed by atoms with Crippen LogP contribution in [0.5, 0.6) is 0 Å². The lowest BCUT2D eigenvalue weighted by Crippen LogP contribution is -2.50. The zero-order valence-corrected chi connectivity index (χ0v) is 18.0. The largest absolute Gasteiger partial charge is 0.348 e. The minimum atomic E-state index is -0.196. The van der Waals surface area contributed by atoms with Gasteiger partial charge in [-0.2, -0.15) is 0 Å². The Kier molecular flexibility index (Phi) is 6.85. The predicted molar refractivity (Wildman–Crippen MR) is 115 cm³/mol. The van der Waals surface area contributed by atoms with Gasteiger partial charge in [0.1, 0.15) is 6.54 Å². The molecule has 1 aliphatic rings. The lowest BCUT2D eigenvalue weighted by Gasteiger charge is -2.38. The minimum absolute atomic E-state index is 0.0516. The van der Waals surface area contributed by atoms with Crippen molar-refractivity contribution in [2.75, 3.05) is 26.2 Å². The van der Waals surface area contributed by atoms with Crippen LogP contribution >= 0.6 is 11.6 Å². The molecule has 3 amide bonds. The topological polar surface area (TPSA) is 57.6 Å². The number of fused-ring (bicyclic) bond motifs is 1. The summed E-state index contributed by atoms with van der Waals surface area (Å²) in [6, 6.07) is 11.3. The smallest absolute Gasteiger partial charge is 0.317 e. The molecule has 29 heavy (non-hydrogen) atoms. The molecule has 2 aromatic rings. The van der Waals surface area contributed by atoms with Crippen LogP contribution in [0.2, 0.25) is 5.02 Å². The molecule has 2 heterocycles. The van der Waals surface area contributed by atoms with Gasteiger partial charge in [0.2, 0.25) is 5.91 Å². The highest BCUT2D eigenvalue weighted by molar-refractivity contribution is 6.30. The molecule has 1 aromatic carbocycles. The molecule has 1 aliphatic heterocycles. The quantitative estimate of drug-likeness (QED) is 0.779. The summed E-state index contributed by atoms with van der Waals surface area (Å²) in [7, 11) is 0. The number of hydrogen-bond donors (Lipinski definition) is 1. The molecule has 0 bridgehead atoms. The zero-order valence-electron chi connectivity index (χ0n) is 17.3. The molecular weight excluding hydrogens is 388 g/mol. The van der Waals surface area contributed by atoms with E-state index in [-0.39, 0.29) is 30.4 Å². The number of halogens is 1. The maximum Gasteiger partial charge on any atom is 0.317 e. The summed E-state index contributed by atoms with van der Waals surface area (Å²) >= 11 is 6.07. The van der Waals surface area contributed by atoms with Crippen LogP contribution in [0.1, 0.15) is 38.1 Å². The lowest BCUT2D eigenvalue weighted by molar-refractivity contribution is -0.134. The molecule has 0 saturated heterocycles. The molecule has 1 N–H and O–H groups in total. The van der Waals surface area contributed by atoms with Crippen LogP contribution in [0.15, 0.2) is 42.6 Å². The SMILES string of the molecule is CCNC(=O)N(CC(=O)N1CCn2cccc2C1c1ccc(Cl)cc1)CC(C)C. The standard InChI is InChI=1S/C22H29ClN4O2/c1-4-24-22(29)26(14-16(2)3)15-20(28)27-13-12-25-11-5-6-19(25)21(27)17-7-9-18(23)10-8-17/h5-11,16,21H,4,12-15H2,1-3H3,(H,24,29). The summed E-state index contributed by atoms with van der Waals surface area (Å²) in [6.45, 7) is 8.43. The number of benzene rings is 1. The highest BCUT2D eigenvalue weighted by atomic mass is 35.5. The van der Waals surface area contributed by atoms with Gasteiger partial charge in [0, 0.05) is 43.1 Å². The Balaban J connectivity index is 1.87. The number of carbonyl (C=O) groups is 2.